The van der Waals surface area contributed by atoms with E-state index in [0.717, 1.165) is 24.2 Å². The summed E-state index contributed by atoms with van der Waals surface area (Å²) in [5.74, 6) is 0.281. The van der Waals surface area contributed by atoms with E-state index in [4.69, 9.17) is 5.73 Å². The molecule has 4 nitrogen and oxygen atoms in total. The van der Waals surface area contributed by atoms with Crippen LogP contribution in [-0.4, -0.2) is 14.6 Å². The molecule has 0 bridgehead atoms. The standard InChI is InChI=1S/C12H14N4S/c13-11(10-7-17-16-15-10)9-5-1-3-8-4-2-6-14-12(8)9/h2,4,6-7,9,11H,1,3,5,13H2. The fourth-order valence-corrected chi connectivity index (χ4v) is 3.02. The third-order valence-corrected chi connectivity index (χ3v) is 3.91. The van der Waals surface area contributed by atoms with Crippen LogP contribution in [0.2, 0.25) is 0 Å². The van der Waals surface area contributed by atoms with E-state index in [1.54, 1.807) is 0 Å². The fourth-order valence-electron chi connectivity index (χ4n) is 2.52. The van der Waals surface area contributed by atoms with Crippen molar-refractivity contribution in [1.82, 2.24) is 14.6 Å². The number of fused-ring (bicyclic) bond motifs is 1. The Balaban J connectivity index is 1.95. The van der Waals surface area contributed by atoms with E-state index in [-0.39, 0.29) is 12.0 Å². The molecule has 3 rings (SSSR count). The molecule has 1 aliphatic carbocycles. The second kappa shape index (κ2) is 4.50. The lowest BCUT2D eigenvalue weighted by molar-refractivity contribution is 0.456. The summed E-state index contributed by atoms with van der Waals surface area (Å²) in [5, 5.41) is 6.01. The zero-order valence-corrected chi connectivity index (χ0v) is 10.2. The molecule has 0 amide bonds. The number of pyridine rings is 1. The molecule has 2 heterocycles. The topological polar surface area (TPSA) is 64.7 Å². The van der Waals surface area contributed by atoms with Crippen molar-refractivity contribution in [1.29, 1.82) is 0 Å². The molecule has 0 aromatic carbocycles. The van der Waals surface area contributed by atoms with Crippen LogP contribution >= 0.6 is 11.5 Å². The average molecular weight is 246 g/mol. The quantitative estimate of drug-likeness (QED) is 0.880. The van der Waals surface area contributed by atoms with E-state index in [0.29, 0.717) is 0 Å². The predicted molar refractivity (Wildman–Crippen MR) is 66.8 cm³/mol. The summed E-state index contributed by atoms with van der Waals surface area (Å²) in [6.45, 7) is 0. The molecule has 2 unspecified atom stereocenters. The maximum absolute atomic E-state index is 6.29. The minimum atomic E-state index is -0.0808. The van der Waals surface area contributed by atoms with Gasteiger partial charge in [0, 0.05) is 23.2 Å². The Labute approximate surface area is 104 Å². The summed E-state index contributed by atoms with van der Waals surface area (Å²) in [6.07, 6.45) is 5.22. The first-order valence-corrected chi connectivity index (χ1v) is 6.66. The Morgan fingerprint density at radius 3 is 3.24 bits per heavy atom. The lowest BCUT2D eigenvalue weighted by Gasteiger charge is -2.27. The summed E-state index contributed by atoms with van der Waals surface area (Å²) in [5.41, 5.74) is 9.67. The number of aromatic nitrogens is 3. The van der Waals surface area contributed by atoms with Crippen LogP contribution in [0.1, 0.15) is 41.8 Å². The van der Waals surface area contributed by atoms with Crippen LogP contribution in [0.5, 0.6) is 0 Å². The van der Waals surface area contributed by atoms with E-state index in [1.165, 1.54) is 23.5 Å². The third kappa shape index (κ3) is 1.96. The lowest BCUT2D eigenvalue weighted by atomic mass is 9.81. The highest BCUT2D eigenvalue weighted by Gasteiger charge is 2.28. The summed E-state index contributed by atoms with van der Waals surface area (Å²) < 4.78 is 3.89. The van der Waals surface area contributed by atoms with Crippen LogP contribution in [-0.2, 0) is 6.42 Å². The molecule has 2 aromatic heterocycles. The fraction of sp³-hybridized carbons (Fsp3) is 0.417. The van der Waals surface area contributed by atoms with Gasteiger partial charge < -0.3 is 5.73 Å². The Kier molecular flexibility index (Phi) is 2.86. The molecule has 2 aromatic rings. The van der Waals surface area contributed by atoms with Gasteiger partial charge in [-0.3, -0.25) is 4.98 Å². The van der Waals surface area contributed by atoms with E-state index in [2.05, 4.69) is 20.6 Å². The van der Waals surface area contributed by atoms with Crippen LogP contribution in [0, 0.1) is 0 Å². The van der Waals surface area contributed by atoms with Crippen LogP contribution in [0.15, 0.2) is 23.7 Å². The van der Waals surface area contributed by atoms with Gasteiger partial charge >= 0.3 is 0 Å². The second-order valence-electron chi connectivity index (χ2n) is 4.40. The summed E-state index contributed by atoms with van der Waals surface area (Å²) in [7, 11) is 0. The van der Waals surface area contributed by atoms with Crippen molar-refractivity contribution in [2.75, 3.05) is 0 Å². The number of rotatable bonds is 2. The molecular formula is C12H14N4S. The molecule has 5 heteroatoms. The van der Waals surface area contributed by atoms with Gasteiger partial charge in [0.15, 0.2) is 0 Å². The maximum Gasteiger partial charge on any atom is 0.0929 e. The van der Waals surface area contributed by atoms with E-state index >= 15 is 0 Å². The molecule has 0 radical (unpaired) electrons. The molecule has 17 heavy (non-hydrogen) atoms. The first kappa shape index (κ1) is 10.8. The van der Waals surface area contributed by atoms with E-state index in [1.807, 2.05) is 17.6 Å². The average Bonchev–Trinajstić information content (AvgIpc) is 2.91. The largest absolute Gasteiger partial charge is 0.322 e. The Hall–Kier alpha value is -1.33. The molecule has 88 valence electrons. The lowest BCUT2D eigenvalue weighted by Crippen LogP contribution is -2.24. The van der Waals surface area contributed by atoms with Crippen LogP contribution in [0.4, 0.5) is 0 Å². The predicted octanol–water partition coefficient (Wildman–Crippen LogP) is 2.05. The van der Waals surface area contributed by atoms with Gasteiger partial charge in [0.05, 0.1) is 11.7 Å². The third-order valence-electron chi connectivity index (χ3n) is 3.39. The minimum Gasteiger partial charge on any atom is -0.322 e. The monoisotopic (exact) mass is 246 g/mol. The zero-order valence-electron chi connectivity index (χ0n) is 9.41. The van der Waals surface area contributed by atoms with Gasteiger partial charge in [-0.1, -0.05) is 10.6 Å². The van der Waals surface area contributed by atoms with Crippen molar-refractivity contribution in [3.63, 3.8) is 0 Å². The number of nitrogens with zero attached hydrogens (tertiary/aromatic N) is 3. The van der Waals surface area contributed by atoms with Crippen molar-refractivity contribution in [3.05, 3.63) is 40.7 Å². The van der Waals surface area contributed by atoms with Gasteiger partial charge in [0.1, 0.15) is 0 Å². The SMILES string of the molecule is NC(c1csnn1)C1CCCc2cccnc21. The van der Waals surface area contributed by atoms with Gasteiger partial charge in [-0.15, -0.1) is 5.10 Å². The Morgan fingerprint density at radius 1 is 1.47 bits per heavy atom. The number of hydrogen-bond donors (Lipinski definition) is 1. The molecule has 0 aliphatic heterocycles. The Bertz CT molecular complexity index is 497. The highest BCUT2D eigenvalue weighted by atomic mass is 32.1. The van der Waals surface area contributed by atoms with Gasteiger partial charge in [-0.05, 0) is 42.4 Å². The minimum absolute atomic E-state index is 0.0808. The van der Waals surface area contributed by atoms with Crippen molar-refractivity contribution < 1.29 is 0 Å². The van der Waals surface area contributed by atoms with E-state index < -0.39 is 0 Å². The molecule has 2 atom stereocenters. The smallest absolute Gasteiger partial charge is 0.0929 e. The molecule has 1 aliphatic rings. The zero-order chi connectivity index (χ0) is 11.7. The van der Waals surface area contributed by atoms with Crippen molar-refractivity contribution in [3.8, 4) is 0 Å². The van der Waals surface area contributed by atoms with Crippen LogP contribution in [0.3, 0.4) is 0 Å². The second-order valence-corrected chi connectivity index (χ2v) is 5.01. The van der Waals surface area contributed by atoms with Crippen LogP contribution < -0.4 is 5.73 Å². The highest BCUT2D eigenvalue weighted by molar-refractivity contribution is 7.03. The first-order chi connectivity index (χ1) is 8.36. The van der Waals surface area contributed by atoms with Crippen molar-refractivity contribution >= 4 is 11.5 Å². The first-order valence-electron chi connectivity index (χ1n) is 5.82. The summed E-state index contributed by atoms with van der Waals surface area (Å²) in [6, 6.07) is 4.07. The maximum atomic E-state index is 6.29. The molecule has 0 fully saturated rings. The molecular weight excluding hydrogens is 232 g/mol. The number of nitrogens with two attached hydrogens (primary N) is 1. The van der Waals surface area contributed by atoms with Gasteiger partial charge in [0.2, 0.25) is 0 Å². The van der Waals surface area contributed by atoms with Gasteiger partial charge in [-0.25, -0.2) is 0 Å². The number of aryl methyl sites for hydroxylation is 1. The molecule has 0 saturated carbocycles. The Morgan fingerprint density at radius 2 is 2.41 bits per heavy atom. The normalized spacial score (nSPS) is 20.9. The highest BCUT2D eigenvalue weighted by Crippen LogP contribution is 2.37. The van der Waals surface area contributed by atoms with Crippen molar-refractivity contribution in [2.24, 2.45) is 5.73 Å². The molecule has 0 spiro atoms. The molecule has 0 saturated heterocycles. The van der Waals surface area contributed by atoms with Crippen molar-refractivity contribution in [2.45, 2.75) is 31.2 Å². The van der Waals surface area contributed by atoms with E-state index in [9.17, 15) is 0 Å². The summed E-state index contributed by atoms with van der Waals surface area (Å²) in [4.78, 5) is 4.51. The van der Waals surface area contributed by atoms with Gasteiger partial charge in [-0.2, -0.15) is 0 Å². The van der Waals surface area contributed by atoms with Crippen LogP contribution in [0.25, 0.3) is 0 Å². The molecule has 2 N–H and O–H groups in total. The van der Waals surface area contributed by atoms with Gasteiger partial charge in [0.25, 0.3) is 0 Å². The summed E-state index contributed by atoms with van der Waals surface area (Å²) >= 11 is 1.35. The number of hydrogen-bond acceptors (Lipinski definition) is 5.